The van der Waals surface area contributed by atoms with Crippen molar-refractivity contribution in [1.29, 1.82) is 0 Å². The molecule has 1 saturated carbocycles. The molecule has 1 aliphatic rings. The van der Waals surface area contributed by atoms with E-state index in [-0.39, 0.29) is 18.7 Å². The second-order valence-corrected chi connectivity index (χ2v) is 7.19. The molecule has 0 aliphatic heterocycles. The van der Waals surface area contributed by atoms with Gasteiger partial charge in [-0.25, -0.2) is 4.79 Å². The monoisotopic (exact) mass is 415 g/mol. The van der Waals surface area contributed by atoms with Gasteiger partial charge in [0.2, 0.25) is 5.83 Å². The lowest BCUT2D eigenvalue weighted by Gasteiger charge is -2.13. The average molecular weight is 415 g/mol. The Bertz CT molecular complexity index is 861. The van der Waals surface area contributed by atoms with Gasteiger partial charge in [-0.05, 0) is 30.4 Å². The highest BCUT2D eigenvalue weighted by Gasteiger charge is 2.62. The summed E-state index contributed by atoms with van der Waals surface area (Å²) in [5.41, 5.74) is -1.92. The van der Waals surface area contributed by atoms with Crippen molar-refractivity contribution in [2.45, 2.75) is 40.1 Å². The molecule has 158 valence electrons. The van der Waals surface area contributed by atoms with Gasteiger partial charge >= 0.3 is 18.1 Å². The Morgan fingerprint density at radius 3 is 2.55 bits per heavy atom. The summed E-state index contributed by atoms with van der Waals surface area (Å²) >= 11 is 0. The van der Waals surface area contributed by atoms with E-state index in [2.05, 4.69) is 10.7 Å². The number of terminal acetylenes is 1. The molecule has 29 heavy (non-hydrogen) atoms. The number of hydrogen-bond donors (Lipinski definition) is 0. The van der Waals surface area contributed by atoms with Crippen LogP contribution < -0.4 is 0 Å². The fourth-order valence-corrected chi connectivity index (χ4v) is 3.31. The molecule has 0 bridgehead atoms. The van der Waals surface area contributed by atoms with Crippen LogP contribution in [0.4, 0.5) is 17.6 Å². The van der Waals surface area contributed by atoms with Crippen LogP contribution in [0.15, 0.2) is 24.2 Å². The molecule has 0 spiro atoms. The van der Waals surface area contributed by atoms with Gasteiger partial charge in [0.15, 0.2) is 0 Å². The van der Waals surface area contributed by atoms with Gasteiger partial charge in [-0.1, -0.05) is 19.8 Å². The molecule has 1 heterocycles. The van der Waals surface area contributed by atoms with Crippen LogP contribution in [0.2, 0.25) is 0 Å². The zero-order valence-electron chi connectivity index (χ0n) is 16.2. The van der Waals surface area contributed by atoms with Crippen LogP contribution in [0.3, 0.4) is 0 Å². The van der Waals surface area contributed by atoms with E-state index in [4.69, 9.17) is 11.2 Å². The molecule has 0 unspecified atom stereocenters. The molecule has 1 aliphatic carbocycles. The molecule has 0 saturated heterocycles. The fraction of sp³-hybridized carbons (Fsp3) is 0.500. The Labute approximate surface area is 165 Å². The second-order valence-electron chi connectivity index (χ2n) is 7.19. The van der Waals surface area contributed by atoms with Crippen LogP contribution in [0, 0.1) is 29.6 Å². The van der Waals surface area contributed by atoms with Gasteiger partial charge in [0.1, 0.15) is 12.3 Å². The minimum atomic E-state index is -4.67. The highest BCUT2D eigenvalue weighted by molar-refractivity contribution is 5.86. The van der Waals surface area contributed by atoms with Gasteiger partial charge < -0.3 is 14.0 Å². The van der Waals surface area contributed by atoms with E-state index >= 15 is 0 Å². The van der Waals surface area contributed by atoms with Gasteiger partial charge in [0, 0.05) is 11.8 Å². The number of aromatic nitrogens is 1. The van der Waals surface area contributed by atoms with E-state index < -0.39 is 53.5 Å². The summed E-state index contributed by atoms with van der Waals surface area (Å²) in [5.74, 6) is -2.31. The van der Waals surface area contributed by atoms with Crippen molar-refractivity contribution in [2.24, 2.45) is 17.3 Å². The third-order valence-electron chi connectivity index (χ3n) is 4.91. The van der Waals surface area contributed by atoms with E-state index in [0.29, 0.717) is 0 Å². The molecule has 9 heteroatoms. The van der Waals surface area contributed by atoms with Crippen LogP contribution in [-0.2, 0) is 38.4 Å². The summed E-state index contributed by atoms with van der Waals surface area (Å²) in [6.45, 7) is 3.98. The predicted octanol–water partition coefficient (Wildman–Crippen LogP) is 3.87. The smallest absolute Gasteiger partial charge is 0.431 e. The number of halogens is 4. The molecule has 0 radical (unpaired) electrons. The van der Waals surface area contributed by atoms with Gasteiger partial charge in [0.05, 0.1) is 19.1 Å². The lowest BCUT2D eigenvalue weighted by Crippen LogP contribution is -2.17. The molecule has 2 atom stereocenters. The quantitative estimate of drug-likeness (QED) is 0.294. The summed E-state index contributed by atoms with van der Waals surface area (Å²) in [6, 6.07) is 1.18. The number of carbonyl (C=O) groups excluding carboxylic acids is 2. The number of hydrogen-bond acceptors (Lipinski definition) is 4. The maximum atomic E-state index is 13.9. The average Bonchev–Trinajstić information content (AvgIpc) is 2.95. The molecular weight excluding hydrogens is 394 g/mol. The van der Waals surface area contributed by atoms with Crippen molar-refractivity contribution in [3.05, 3.63) is 35.4 Å². The van der Waals surface area contributed by atoms with Crippen molar-refractivity contribution in [3.8, 4) is 12.3 Å². The van der Waals surface area contributed by atoms with Crippen molar-refractivity contribution >= 4 is 11.9 Å². The van der Waals surface area contributed by atoms with Crippen molar-refractivity contribution < 1.29 is 36.6 Å². The zero-order valence-corrected chi connectivity index (χ0v) is 16.2. The summed E-state index contributed by atoms with van der Waals surface area (Å²) in [6.07, 6.45) is 2.58. The van der Waals surface area contributed by atoms with Crippen LogP contribution in [0.25, 0.3) is 0 Å². The van der Waals surface area contributed by atoms with Crippen LogP contribution >= 0.6 is 0 Å². The second kappa shape index (κ2) is 8.31. The first-order chi connectivity index (χ1) is 13.4. The summed E-state index contributed by atoms with van der Waals surface area (Å²) in [5, 5.41) is 0. The Hall–Kier alpha value is -2.76. The summed E-state index contributed by atoms with van der Waals surface area (Å²) in [7, 11) is 0. The number of alkyl halides is 3. The first kappa shape index (κ1) is 22.5. The molecule has 0 amide bonds. The van der Waals surface area contributed by atoms with E-state index in [9.17, 15) is 27.2 Å². The molecule has 0 aromatic carbocycles. The lowest BCUT2D eigenvalue weighted by atomic mass is 10.1. The van der Waals surface area contributed by atoms with E-state index in [0.717, 1.165) is 10.6 Å². The van der Waals surface area contributed by atoms with Crippen LogP contribution in [0.5, 0.6) is 0 Å². The van der Waals surface area contributed by atoms with Gasteiger partial charge in [-0.15, -0.1) is 6.42 Å². The van der Waals surface area contributed by atoms with E-state index in [1.807, 2.05) is 0 Å². The standard InChI is InChI=1S/C20H21F4NO4/c1-5-8-25-9-7-12(16(25)20(22,23)24)11-29-18(27)15-13(19(15,3)4)10-14(21)17(26)28-6-2/h1,7,9-10,13,15H,6,8,11H2,2-4H3/t13-,15-/m0/s1. The Morgan fingerprint density at radius 1 is 1.34 bits per heavy atom. The van der Waals surface area contributed by atoms with Crippen molar-refractivity contribution in [1.82, 2.24) is 4.57 Å². The molecule has 1 aromatic rings. The minimum Gasteiger partial charge on any atom is -0.461 e. The Kier molecular flexibility index (Phi) is 6.46. The van der Waals surface area contributed by atoms with Crippen molar-refractivity contribution in [2.75, 3.05) is 6.61 Å². The SMILES string of the molecule is C#CCn1ccc(COC(=O)[C@@H]2[C@H](C=C(F)C(=O)OCC)C2(C)C)c1C(F)(F)F. The largest absolute Gasteiger partial charge is 0.461 e. The Morgan fingerprint density at radius 2 is 2.00 bits per heavy atom. The molecule has 1 fully saturated rings. The zero-order chi connectivity index (χ0) is 22.0. The highest BCUT2D eigenvalue weighted by Crippen LogP contribution is 2.60. The molecule has 2 rings (SSSR count). The molecule has 5 nitrogen and oxygen atoms in total. The van der Waals surface area contributed by atoms with Gasteiger partial charge in [-0.3, -0.25) is 4.79 Å². The molecule has 0 N–H and O–H groups in total. The minimum absolute atomic E-state index is 0.000481. The summed E-state index contributed by atoms with van der Waals surface area (Å²) in [4.78, 5) is 23.8. The maximum absolute atomic E-state index is 13.9. The first-order valence-electron chi connectivity index (χ1n) is 8.84. The third-order valence-corrected chi connectivity index (χ3v) is 4.91. The predicted molar refractivity (Wildman–Crippen MR) is 94.6 cm³/mol. The topological polar surface area (TPSA) is 57.5 Å². The molecule has 1 aromatic heterocycles. The van der Waals surface area contributed by atoms with Gasteiger partial charge in [0.25, 0.3) is 0 Å². The number of esters is 2. The number of carbonyl (C=O) groups is 2. The van der Waals surface area contributed by atoms with Crippen LogP contribution in [-0.4, -0.2) is 23.1 Å². The number of nitrogens with zero attached hydrogens (tertiary/aromatic N) is 1. The van der Waals surface area contributed by atoms with Gasteiger partial charge in [-0.2, -0.15) is 17.6 Å². The third kappa shape index (κ3) is 4.81. The lowest BCUT2D eigenvalue weighted by molar-refractivity contribution is -0.151. The van der Waals surface area contributed by atoms with Crippen molar-refractivity contribution in [3.63, 3.8) is 0 Å². The number of allylic oxidation sites excluding steroid dienone is 1. The Balaban J connectivity index is 2.10. The maximum Gasteiger partial charge on any atom is 0.431 e. The van der Waals surface area contributed by atoms with E-state index in [1.54, 1.807) is 13.8 Å². The number of rotatable bonds is 7. The normalized spacial score (nSPS) is 20.7. The van der Waals surface area contributed by atoms with E-state index in [1.165, 1.54) is 19.2 Å². The molecular formula is C20H21F4NO4. The first-order valence-corrected chi connectivity index (χ1v) is 8.84. The fourth-order valence-electron chi connectivity index (χ4n) is 3.31. The van der Waals surface area contributed by atoms with Crippen LogP contribution in [0.1, 0.15) is 32.0 Å². The number of ether oxygens (including phenoxy) is 2. The summed E-state index contributed by atoms with van der Waals surface area (Å²) < 4.78 is 64.2. The highest BCUT2D eigenvalue weighted by atomic mass is 19.4.